The van der Waals surface area contributed by atoms with Crippen molar-refractivity contribution in [2.75, 3.05) is 13.6 Å². The molecule has 2 N–H and O–H groups in total. The number of hydrogen-bond donors (Lipinski definition) is 1. The van der Waals surface area contributed by atoms with E-state index in [2.05, 4.69) is 20.8 Å². The van der Waals surface area contributed by atoms with E-state index in [4.69, 9.17) is 5.73 Å². The summed E-state index contributed by atoms with van der Waals surface area (Å²) in [4.78, 5) is 25.9. The summed E-state index contributed by atoms with van der Waals surface area (Å²) in [6.07, 6.45) is 2.25. The van der Waals surface area contributed by atoms with E-state index in [-0.39, 0.29) is 43.0 Å². The van der Waals surface area contributed by atoms with Gasteiger partial charge in [0.2, 0.25) is 5.91 Å². The standard InChI is InChI=1S/C19H30N2O2.ClH/c1-5-15-6-8-16(9-7-15)18(22)10-11-19(23)21(4)13-12-17(20)14(2)3;/h6-9,14,17H,5,10-13,20H2,1-4H3;1H. The molecule has 5 heteroatoms. The summed E-state index contributed by atoms with van der Waals surface area (Å²) in [6, 6.07) is 7.72. The second kappa shape index (κ2) is 11.2. The maximum absolute atomic E-state index is 12.1. The summed E-state index contributed by atoms with van der Waals surface area (Å²) >= 11 is 0. The Bertz CT molecular complexity index is 515. The van der Waals surface area contributed by atoms with Crippen LogP contribution in [0.1, 0.15) is 56.0 Å². The predicted octanol–water partition coefficient (Wildman–Crippen LogP) is 3.47. The van der Waals surface area contributed by atoms with Gasteiger partial charge in [0.1, 0.15) is 0 Å². The number of Topliss-reactive ketones (excluding diaryl/α,β-unsaturated/α-hetero) is 1. The predicted molar refractivity (Wildman–Crippen MR) is 102 cm³/mol. The Morgan fingerprint density at radius 3 is 2.21 bits per heavy atom. The van der Waals surface area contributed by atoms with Crippen LogP contribution in [0, 0.1) is 5.92 Å². The van der Waals surface area contributed by atoms with Crippen LogP contribution in [-0.2, 0) is 11.2 Å². The summed E-state index contributed by atoms with van der Waals surface area (Å²) in [6.45, 7) is 6.87. The van der Waals surface area contributed by atoms with Gasteiger partial charge in [-0.3, -0.25) is 9.59 Å². The summed E-state index contributed by atoms with van der Waals surface area (Å²) < 4.78 is 0. The first-order chi connectivity index (χ1) is 10.8. The van der Waals surface area contributed by atoms with Crippen LogP contribution < -0.4 is 5.73 Å². The van der Waals surface area contributed by atoms with Crippen LogP contribution in [0.5, 0.6) is 0 Å². The number of nitrogens with zero attached hydrogens (tertiary/aromatic N) is 1. The molecular formula is C19H31ClN2O2. The van der Waals surface area contributed by atoms with Crippen molar-refractivity contribution in [2.45, 2.75) is 52.5 Å². The fourth-order valence-corrected chi connectivity index (χ4v) is 2.28. The van der Waals surface area contributed by atoms with Crippen molar-refractivity contribution < 1.29 is 9.59 Å². The number of aryl methyl sites for hydroxylation is 1. The zero-order valence-electron chi connectivity index (χ0n) is 15.2. The van der Waals surface area contributed by atoms with Crippen molar-refractivity contribution in [1.29, 1.82) is 0 Å². The van der Waals surface area contributed by atoms with Gasteiger partial charge in [0.05, 0.1) is 0 Å². The number of nitrogens with two attached hydrogens (primary N) is 1. The molecule has 0 bridgehead atoms. The molecule has 4 nitrogen and oxygen atoms in total. The number of amides is 1. The second-order valence-electron chi connectivity index (χ2n) is 6.49. The molecule has 1 unspecified atom stereocenters. The fourth-order valence-electron chi connectivity index (χ4n) is 2.28. The van der Waals surface area contributed by atoms with Crippen molar-refractivity contribution in [3.63, 3.8) is 0 Å². The number of hydrogen-bond acceptors (Lipinski definition) is 3. The third-order valence-corrected chi connectivity index (χ3v) is 4.33. The lowest BCUT2D eigenvalue weighted by Gasteiger charge is -2.21. The summed E-state index contributed by atoms with van der Waals surface area (Å²) in [5, 5.41) is 0. The van der Waals surface area contributed by atoms with Gasteiger partial charge in [0.25, 0.3) is 0 Å². The number of rotatable bonds is 9. The van der Waals surface area contributed by atoms with Gasteiger partial charge in [-0.15, -0.1) is 12.4 Å². The molecule has 0 heterocycles. The van der Waals surface area contributed by atoms with E-state index in [0.717, 1.165) is 12.8 Å². The molecule has 1 aromatic carbocycles. The Labute approximate surface area is 152 Å². The van der Waals surface area contributed by atoms with Gasteiger partial charge >= 0.3 is 0 Å². The van der Waals surface area contributed by atoms with E-state index < -0.39 is 0 Å². The Kier molecular flexibility index (Phi) is 10.6. The quantitative estimate of drug-likeness (QED) is 0.690. The van der Waals surface area contributed by atoms with Gasteiger partial charge in [0, 0.05) is 38.0 Å². The first-order valence-corrected chi connectivity index (χ1v) is 8.46. The Morgan fingerprint density at radius 1 is 1.12 bits per heavy atom. The van der Waals surface area contributed by atoms with E-state index in [0.29, 0.717) is 18.0 Å². The summed E-state index contributed by atoms with van der Waals surface area (Å²) in [5.41, 5.74) is 7.88. The highest BCUT2D eigenvalue weighted by atomic mass is 35.5. The van der Waals surface area contributed by atoms with Crippen LogP contribution in [0.4, 0.5) is 0 Å². The second-order valence-corrected chi connectivity index (χ2v) is 6.49. The molecule has 0 aliphatic carbocycles. The molecule has 0 radical (unpaired) electrons. The molecule has 24 heavy (non-hydrogen) atoms. The summed E-state index contributed by atoms with van der Waals surface area (Å²) in [7, 11) is 1.77. The van der Waals surface area contributed by atoms with Crippen LogP contribution in [0.15, 0.2) is 24.3 Å². The minimum absolute atomic E-state index is 0. The van der Waals surface area contributed by atoms with Gasteiger partial charge in [0.15, 0.2) is 5.78 Å². The lowest BCUT2D eigenvalue weighted by molar-refractivity contribution is -0.129. The van der Waals surface area contributed by atoms with E-state index in [1.54, 1.807) is 11.9 Å². The molecular weight excluding hydrogens is 324 g/mol. The van der Waals surface area contributed by atoms with Crippen molar-refractivity contribution in [1.82, 2.24) is 4.90 Å². The molecule has 0 fully saturated rings. The van der Waals surface area contributed by atoms with Crippen molar-refractivity contribution in [2.24, 2.45) is 11.7 Å². The highest BCUT2D eigenvalue weighted by Gasteiger charge is 2.14. The average Bonchev–Trinajstić information content (AvgIpc) is 2.56. The molecule has 1 atom stereocenters. The van der Waals surface area contributed by atoms with E-state index in [1.807, 2.05) is 24.3 Å². The monoisotopic (exact) mass is 354 g/mol. The molecule has 0 saturated heterocycles. The zero-order chi connectivity index (χ0) is 17.4. The first kappa shape index (κ1) is 22.6. The lowest BCUT2D eigenvalue weighted by Crippen LogP contribution is -2.34. The van der Waals surface area contributed by atoms with E-state index >= 15 is 0 Å². The number of ketones is 1. The van der Waals surface area contributed by atoms with Crippen molar-refractivity contribution in [3.8, 4) is 0 Å². The molecule has 0 aromatic heterocycles. The minimum atomic E-state index is -0.000477. The molecule has 136 valence electrons. The van der Waals surface area contributed by atoms with Crippen molar-refractivity contribution in [3.05, 3.63) is 35.4 Å². The molecule has 0 aliphatic heterocycles. The Morgan fingerprint density at radius 2 is 1.71 bits per heavy atom. The SMILES string of the molecule is CCc1ccc(C(=O)CCC(=O)N(C)CCC(N)C(C)C)cc1.Cl. The Hall–Kier alpha value is -1.39. The van der Waals surface area contributed by atoms with Crippen molar-refractivity contribution >= 4 is 24.1 Å². The van der Waals surface area contributed by atoms with Gasteiger partial charge in [-0.1, -0.05) is 45.0 Å². The van der Waals surface area contributed by atoms with Crippen LogP contribution >= 0.6 is 12.4 Å². The third-order valence-electron chi connectivity index (χ3n) is 4.33. The normalized spacial score (nSPS) is 11.8. The highest BCUT2D eigenvalue weighted by molar-refractivity contribution is 5.97. The maximum Gasteiger partial charge on any atom is 0.222 e. The van der Waals surface area contributed by atoms with E-state index in [1.165, 1.54) is 5.56 Å². The number of carbonyl (C=O) groups is 2. The molecule has 1 aromatic rings. The Balaban J connectivity index is 0.00000529. The average molecular weight is 355 g/mol. The van der Waals surface area contributed by atoms with Crippen LogP contribution in [0.3, 0.4) is 0 Å². The first-order valence-electron chi connectivity index (χ1n) is 8.46. The van der Waals surface area contributed by atoms with Crippen LogP contribution in [0.2, 0.25) is 0 Å². The van der Waals surface area contributed by atoms with Gasteiger partial charge in [-0.05, 0) is 24.3 Å². The molecule has 0 spiro atoms. The van der Waals surface area contributed by atoms with Gasteiger partial charge in [-0.25, -0.2) is 0 Å². The van der Waals surface area contributed by atoms with Gasteiger partial charge < -0.3 is 10.6 Å². The van der Waals surface area contributed by atoms with E-state index in [9.17, 15) is 9.59 Å². The highest BCUT2D eigenvalue weighted by Crippen LogP contribution is 2.10. The number of halogens is 1. The summed E-state index contributed by atoms with van der Waals surface area (Å²) in [5.74, 6) is 0.430. The molecule has 1 rings (SSSR count). The largest absolute Gasteiger partial charge is 0.346 e. The number of carbonyl (C=O) groups excluding carboxylic acids is 2. The fraction of sp³-hybridized carbons (Fsp3) is 0.579. The van der Waals surface area contributed by atoms with Gasteiger partial charge in [-0.2, -0.15) is 0 Å². The lowest BCUT2D eigenvalue weighted by atomic mass is 10.0. The smallest absolute Gasteiger partial charge is 0.222 e. The maximum atomic E-state index is 12.1. The number of benzene rings is 1. The molecule has 0 saturated carbocycles. The zero-order valence-corrected chi connectivity index (χ0v) is 16.1. The minimum Gasteiger partial charge on any atom is -0.346 e. The molecule has 1 amide bonds. The molecule has 0 aliphatic rings. The van der Waals surface area contributed by atoms with Crippen LogP contribution in [0.25, 0.3) is 0 Å². The topological polar surface area (TPSA) is 63.4 Å². The third kappa shape index (κ3) is 7.45. The van der Waals surface area contributed by atoms with Crippen LogP contribution in [-0.4, -0.2) is 36.2 Å².